The molecule has 0 bridgehead atoms. The van der Waals surface area contributed by atoms with E-state index in [4.69, 9.17) is 5.73 Å². The Bertz CT molecular complexity index is 896. The molecule has 1 fully saturated rings. The molecule has 0 saturated carbocycles. The summed E-state index contributed by atoms with van der Waals surface area (Å²) in [6, 6.07) is 17.9. The molecule has 0 radical (unpaired) electrons. The summed E-state index contributed by atoms with van der Waals surface area (Å²) in [6.45, 7) is 2.14. The van der Waals surface area contributed by atoms with Crippen LogP contribution in [0.2, 0.25) is 0 Å². The van der Waals surface area contributed by atoms with Crippen LogP contribution < -0.4 is 10.6 Å². The first-order valence-corrected chi connectivity index (χ1v) is 10.4. The number of likely N-dealkylation sites (tertiary alicyclic amines) is 1. The van der Waals surface area contributed by atoms with Crippen LogP contribution >= 0.6 is 12.4 Å². The molecule has 0 aromatic heterocycles. The number of fused-ring (bicyclic) bond motifs is 1. The van der Waals surface area contributed by atoms with Crippen molar-refractivity contribution in [2.45, 2.75) is 31.1 Å². The van der Waals surface area contributed by atoms with E-state index in [2.05, 4.69) is 0 Å². The molecular weight excluding hydrogens is 398 g/mol. The van der Waals surface area contributed by atoms with E-state index in [0.717, 1.165) is 42.7 Å². The van der Waals surface area contributed by atoms with Crippen molar-refractivity contribution in [1.82, 2.24) is 4.90 Å². The van der Waals surface area contributed by atoms with E-state index in [1.807, 2.05) is 66.5 Å². The van der Waals surface area contributed by atoms with Crippen LogP contribution in [-0.2, 0) is 21.4 Å². The Morgan fingerprint density at radius 1 is 1.07 bits per heavy atom. The predicted octanol–water partition coefficient (Wildman–Crippen LogP) is 3.15. The Labute approximate surface area is 184 Å². The monoisotopic (exact) mass is 427 g/mol. The molecule has 1 atom stereocenters. The SMILES string of the molecule is CN1C(=O)C(CC(=O)N2CCC(CN)CC2)(Cc2ccccc2)c2ccccc21.Cl. The molecular formula is C24H30ClN3O2. The van der Waals surface area contributed by atoms with Crippen LogP contribution in [0.3, 0.4) is 0 Å². The third-order valence-corrected chi connectivity index (χ3v) is 6.60. The number of halogens is 1. The van der Waals surface area contributed by atoms with Gasteiger partial charge in [-0.05, 0) is 48.9 Å². The molecule has 5 nitrogen and oxygen atoms in total. The highest BCUT2D eigenvalue weighted by atomic mass is 35.5. The van der Waals surface area contributed by atoms with Gasteiger partial charge in [-0.2, -0.15) is 0 Å². The normalized spacial score (nSPS) is 21.3. The number of anilines is 1. The van der Waals surface area contributed by atoms with E-state index in [1.165, 1.54) is 0 Å². The third-order valence-electron chi connectivity index (χ3n) is 6.60. The molecule has 6 heteroatoms. The van der Waals surface area contributed by atoms with Gasteiger partial charge in [-0.3, -0.25) is 9.59 Å². The highest BCUT2D eigenvalue weighted by Crippen LogP contribution is 2.46. The Balaban J connectivity index is 0.00000256. The first-order valence-electron chi connectivity index (χ1n) is 10.4. The molecule has 160 valence electrons. The molecule has 0 aliphatic carbocycles. The van der Waals surface area contributed by atoms with E-state index in [1.54, 1.807) is 4.90 Å². The highest BCUT2D eigenvalue weighted by Gasteiger charge is 2.51. The number of likely N-dealkylation sites (N-methyl/N-ethyl adjacent to an activating group) is 1. The minimum Gasteiger partial charge on any atom is -0.343 e. The van der Waals surface area contributed by atoms with Gasteiger partial charge in [0.05, 0.1) is 5.41 Å². The standard InChI is InChI=1S/C24H29N3O2.ClH/c1-26-21-10-6-5-9-20(21)24(23(26)29,15-18-7-3-2-4-8-18)16-22(28)27-13-11-19(17-25)12-14-27;/h2-10,19H,11-17,25H2,1H3;1H. The average molecular weight is 428 g/mol. The molecule has 1 saturated heterocycles. The molecule has 2 aliphatic rings. The molecule has 2 amide bonds. The number of carbonyl (C=O) groups is 2. The number of carbonyl (C=O) groups excluding carboxylic acids is 2. The van der Waals surface area contributed by atoms with Crippen LogP contribution in [0, 0.1) is 5.92 Å². The van der Waals surface area contributed by atoms with Gasteiger partial charge in [0.15, 0.2) is 0 Å². The van der Waals surface area contributed by atoms with Crippen LogP contribution in [0.5, 0.6) is 0 Å². The Morgan fingerprint density at radius 3 is 2.37 bits per heavy atom. The minimum absolute atomic E-state index is 0. The number of nitrogens with two attached hydrogens (primary N) is 1. The summed E-state index contributed by atoms with van der Waals surface area (Å²) in [5.41, 5.74) is 7.88. The summed E-state index contributed by atoms with van der Waals surface area (Å²) < 4.78 is 0. The number of piperidine rings is 1. The second-order valence-corrected chi connectivity index (χ2v) is 8.36. The second kappa shape index (κ2) is 9.19. The fourth-order valence-electron chi connectivity index (χ4n) is 4.85. The van der Waals surface area contributed by atoms with Gasteiger partial charge < -0.3 is 15.5 Å². The third kappa shape index (κ3) is 3.96. The van der Waals surface area contributed by atoms with Crippen LogP contribution in [0.4, 0.5) is 5.69 Å². The van der Waals surface area contributed by atoms with Gasteiger partial charge in [-0.25, -0.2) is 0 Å². The molecule has 2 aromatic rings. The van der Waals surface area contributed by atoms with Crippen molar-refractivity contribution >= 4 is 29.9 Å². The maximum atomic E-state index is 13.5. The molecule has 2 heterocycles. The molecule has 1 unspecified atom stereocenters. The van der Waals surface area contributed by atoms with Crippen molar-refractivity contribution in [1.29, 1.82) is 0 Å². The van der Waals surface area contributed by atoms with Gasteiger partial charge >= 0.3 is 0 Å². The highest BCUT2D eigenvalue weighted by molar-refractivity contribution is 6.09. The maximum absolute atomic E-state index is 13.5. The number of hydrogen-bond acceptors (Lipinski definition) is 3. The summed E-state index contributed by atoms with van der Waals surface area (Å²) >= 11 is 0. The summed E-state index contributed by atoms with van der Waals surface area (Å²) in [5, 5.41) is 0. The van der Waals surface area contributed by atoms with Gasteiger partial charge in [-0.15, -0.1) is 12.4 Å². The quantitative estimate of drug-likeness (QED) is 0.797. The molecule has 0 spiro atoms. The Morgan fingerprint density at radius 2 is 1.70 bits per heavy atom. The molecule has 2 N–H and O–H groups in total. The molecule has 4 rings (SSSR count). The zero-order valence-corrected chi connectivity index (χ0v) is 18.2. The predicted molar refractivity (Wildman–Crippen MR) is 122 cm³/mol. The Kier molecular flexibility index (Phi) is 6.84. The molecule has 2 aliphatic heterocycles. The number of nitrogens with zero attached hydrogens (tertiary/aromatic N) is 2. The van der Waals surface area contributed by atoms with Crippen molar-refractivity contribution in [2.24, 2.45) is 11.7 Å². The van der Waals surface area contributed by atoms with E-state index < -0.39 is 5.41 Å². The van der Waals surface area contributed by atoms with Crippen molar-refractivity contribution in [3.05, 3.63) is 65.7 Å². The smallest absolute Gasteiger partial charge is 0.238 e. The first-order chi connectivity index (χ1) is 14.0. The number of hydrogen-bond donors (Lipinski definition) is 1. The lowest BCUT2D eigenvalue weighted by Crippen LogP contribution is -2.47. The van der Waals surface area contributed by atoms with Crippen molar-refractivity contribution < 1.29 is 9.59 Å². The first kappa shape index (κ1) is 22.3. The summed E-state index contributed by atoms with van der Waals surface area (Å²) in [6.07, 6.45) is 2.62. The minimum atomic E-state index is -0.853. The largest absolute Gasteiger partial charge is 0.343 e. The van der Waals surface area contributed by atoms with Crippen LogP contribution in [0.15, 0.2) is 54.6 Å². The van der Waals surface area contributed by atoms with Crippen molar-refractivity contribution in [3.63, 3.8) is 0 Å². The van der Waals surface area contributed by atoms with E-state index in [-0.39, 0.29) is 30.6 Å². The number of benzene rings is 2. The van der Waals surface area contributed by atoms with Crippen molar-refractivity contribution in [2.75, 3.05) is 31.6 Å². The lowest BCUT2D eigenvalue weighted by Gasteiger charge is -2.35. The van der Waals surface area contributed by atoms with E-state index >= 15 is 0 Å². The van der Waals surface area contributed by atoms with Gasteiger partial charge in [0.1, 0.15) is 0 Å². The average Bonchev–Trinajstić information content (AvgIpc) is 2.97. The van der Waals surface area contributed by atoms with Gasteiger partial charge in [0, 0.05) is 32.2 Å². The Hall–Kier alpha value is -2.37. The zero-order valence-electron chi connectivity index (χ0n) is 17.4. The van der Waals surface area contributed by atoms with Crippen LogP contribution in [-0.4, -0.2) is 43.4 Å². The van der Waals surface area contributed by atoms with E-state index in [0.29, 0.717) is 18.9 Å². The fourth-order valence-corrected chi connectivity index (χ4v) is 4.85. The van der Waals surface area contributed by atoms with Crippen LogP contribution in [0.1, 0.15) is 30.4 Å². The number of para-hydroxylation sites is 1. The summed E-state index contributed by atoms with van der Waals surface area (Å²) in [4.78, 5) is 30.5. The molecule has 30 heavy (non-hydrogen) atoms. The number of rotatable bonds is 5. The lowest BCUT2D eigenvalue weighted by atomic mass is 9.73. The van der Waals surface area contributed by atoms with Crippen molar-refractivity contribution in [3.8, 4) is 0 Å². The number of amides is 2. The van der Waals surface area contributed by atoms with Gasteiger partial charge in [0.2, 0.25) is 11.8 Å². The van der Waals surface area contributed by atoms with E-state index in [9.17, 15) is 9.59 Å². The topological polar surface area (TPSA) is 66.6 Å². The maximum Gasteiger partial charge on any atom is 0.238 e. The summed E-state index contributed by atoms with van der Waals surface area (Å²) in [7, 11) is 1.81. The molecule has 2 aromatic carbocycles. The van der Waals surface area contributed by atoms with Gasteiger partial charge in [-0.1, -0.05) is 48.5 Å². The van der Waals surface area contributed by atoms with Crippen LogP contribution in [0.25, 0.3) is 0 Å². The summed E-state index contributed by atoms with van der Waals surface area (Å²) in [5.74, 6) is 0.569. The zero-order chi connectivity index (χ0) is 20.4. The lowest BCUT2D eigenvalue weighted by molar-refractivity contribution is -0.137. The second-order valence-electron chi connectivity index (χ2n) is 8.36. The van der Waals surface area contributed by atoms with Gasteiger partial charge in [0.25, 0.3) is 0 Å². The fraction of sp³-hybridized carbons (Fsp3) is 0.417.